The number of morpholine rings is 1. The molecule has 0 aliphatic carbocycles. The lowest BCUT2D eigenvalue weighted by molar-refractivity contribution is -0.142. The number of nitrogens with zero attached hydrogens (tertiary/aromatic N) is 3. The molecule has 0 spiro atoms. The van der Waals surface area contributed by atoms with Crippen LogP contribution < -0.4 is 4.90 Å². The number of anilines is 1. The zero-order valence-electron chi connectivity index (χ0n) is 11.4. The maximum Gasteiger partial charge on any atom is 0.313 e. The molecule has 6 nitrogen and oxygen atoms in total. The Morgan fingerprint density at radius 3 is 2.84 bits per heavy atom. The molecule has 1 aromatic heterocycles. The van der Waals surface area contributed by atoms with Crippen LogP contribution in [0.2, 0.25) is 0 Å². The number of ether oxygens (including phenoxy) is 2. The van der Waals surface area contributed by atoms with E-state index in [0.717, 1.165) is 24.6 Å². The summed E-state index contributed by atoms with van der Waals surface area (Å²) in [5, 5.41) is 0. The molecule has 0 N–H and O–H groups in total. The molecule has 0 amide bonds. The molecule has 1 aromatic rings. The van der Waals surface area contributed by atoms with Gasteiger partial charge < -0.3 is 14.4 Å². The van der Waals surface area contributed by atoms with Crippen molar-refractivity contribution in [2.24, 2.45) is 0 Å². The highest BCUT2D eigenvalue weighted by Gasteiger charge is 2.15. The minimum Gasteiger partial charge on any atom is -0.466 e. The lowest BCUT2D eigenvalue weighted by Gasteiger charge is -2.28. The highest BCUT2D eigenvalue weighted by atomic mass is 16.5. The second-order valence-electron chi connectivity index (χ2n) is 4.36. The molecular weight excluding hydrogens is 246 g/mol. The van der Waals surface area contributed by atoms with E-state index >= 15 is 0 Å². The van der Waals surface area contributed by atoms with Gasteiger partial charge in [-0.05, 0) is 13.8 Å². The number of carbonyl (C=O) groups is 1. The molecule has 104 valence electrons. The number of aryl methyl sites for hydroxylation is 1. The van der Waals surface area contributed by atoms with Crippen LogP contribution in [0.4, 0.5) is 5.82 Å². The first kappa shape index (κ1) is 13.7. The molecule has 19 heavy (non-hydrogen) atoms. The highest BCUT2D eigenvalue weighted by Crippen LogP contribution is 2.14. The van der Waals surface area contributed by atoms with Gasteiger partial charge in [0.2, 0.25) is 0 Å². The Bertz CT molecular complexity index is 445. The van der Waals surface area contributed by atoms with Crippen LogP contribution in [0.25, 0.3) is 0 Å². The molecule has 0 bridgehead atoms. The second kappa shape index (κ2) is 6.47. The van der Waals surface area contributed by atoms with Crippen molar-refractivity contribution in [2.45, 2.75) is 20.3 Å². The molecule has 0 radical (unpaired) electrons. The smallest absolute Gasteiger partial charge is 0.313 e. The van der Waals surface area contributed by atoms with Crippen LogP contribution in [0.1, 0.15) is 18.4 Å². The summed E-state index contributed by atoms with van der Waals surface area (Å²) in [7, 11) is 0. The summed E-state index contributed by atoms with van der Waals surface area (Å²) in [5.41, 5.74) is 0.857. The fraction of sp³-hybridized carbons (Fsp3) is 0.615. The molecule has 0 atom stereocenters. The van der Waals surface area contributed by atoms with E-state index in [-0.39, 0.29) is 12.4 Å². The van der Waals surface area contributed by atoms with E-state index < -0.39 is 0 Å². The molecule has 1 aliphatic heterocycles. The normalized spacial score (nSPS) is 15.4. The lowest BCUT2D eigenvalue weighted by Crippen LogP contribution is -2.37. The van der Waals surface area contributed by atoms with Crippen molar-refractivity contribution in [3.63, 3.8) is 0 Å². The second-order valence-corrected chi connectivity index (χ2v) is 4.36. The van der Waals surface area contributed by atoms with E-state index in [1.54, 1.807) is 6.92 Å². The third-order valence-electron chi connectivity index (χ3n) is 2.83. The zero-order chi connectivity index (χ0) is 13.7. The lowest BCUT2D eigenvalue weighted by atomic mass is 10.3. The summed E-state index contributed by atoms with van der Waals surface area (Å²) < 4.78 is 10.2. The first-order valence-corrected chi connectivity index (χ1v) is 6.52. The van der Waals surface area contributed by atoms with E-state index in [0.29, 0.717) is 25.6 Å². The van der Waals surface area contributed by atoms with Gasteiger partial charge in [0.25, 0.3) is 0 Å². The number of aromatic nitrogens is 2. The maximum absolute atomic E-state index is 11.5. The quantitative estimate of drug-likeness (QED) is 0.748. The van der Waals surface area contributed by atoms with E-state index in [9.17, 15) is 4.79 Å². The Balaban J connectivity index is 2.11. The van der Waals surface area contributed by atoms with E-state index in [2.05, 4.69) is 14.9 Å². The van der Waals surface area contributed by atoms with Gasteiger partial charge in [0.1, 0.15) is 18.1 Å². The molecule has 1 fully saturated rings. The highest BCUT2D eigenvalue weighted by molar-refractivity contribution is 5.71. The predicted octanol–water partition coefficient (Wildman–Crippen LogP) is 0.727. The number of hydrogen-bond donors (Lipinski definition) is 0. The van der Waals surface area contributed by atoms with Gasteiger partial charge in [0.15, 0.2) is 0 Å². The van der Waals surface area contributed by atoms with Gasteiger partial charge >= 0.3 is 5.97 Å². The zero-order valence-corrected chi connectivity index (χ0v) is 11.4. The van der Waals surface area contributed by atoms with Gasteiger partial charge in [-0.25, -0.2) is 9.97 Å². The topological polar surface area (TPSA) is 64.5 Å². The Hall–Kier alpha value is -1.69. The van der Waals surface area contributed by atoms with Crippen molar-refractivity contribution < 1.29 is 14.3 Å². The van der Waals surface area contributed by atoms with E-state index in [1.165, 1.54) is 0 Å². The number of esters is 1. The van der Waals surface area contributed by atoms with Crippen LogP contribution in [0, 0.1) is 6.92 Å². The molecule has 6 heteroatoms. The van der Waals surface area contributed by atoms with Gasteiger partial charge in [0.05, 0.1) is 19.8 Å². The van der Waals surface area contributed by atoms with Crippen LogP contribution in [0.5, 0.6) is 0 Å². The average Bonchev–Trinajstić information content (AvgIpc) is 2.39. The molecule has 1 aliphatic rings. The summed E-state index contributed by atoms with van der Waals surface area (Å²) >= 11 is 0. The van der Waals surface area contributed by atoms with Gasteiger partial charge in [-0.1, -0.05) is 0 Å². The first-order valence-electron chi connectivity index (χ1n) is 6.52. The van der Waals surface area contributed by atoms with Crippen molar-refractivity contribution in [1.29, 1.82) is 0 Å². The summed E-state index contributed by atoms with van der Waals surface area (Å²) in [6, 6.07) is 1.93. The molecule has 2 rings (SSSR count). The molecule has 0 unspecified atom stereocenters. The summed E-state index contributed by atoms with van der Waals surface area (Å²) in [5.74, 6) is 1.08. The van der Waals surface area contributed by atoms with Gasteiger partial charge in [-0.15, -0.1) is 0 Å². The number of hydrogen-bond acceptors (Lipinski definition) is 6. The maximum atomic E-state index is 11.5. The molecule has 1 saturated heterocycles. The Labute approximate surface area is 112 Å². The van der Waals surface area contributed by atoms with Crippen molar-refractivity contribution in [3.05, 3.63) is 17.6 Å². The van der Waals surface area contributed by atoms with Crippen LogP contribution >= 0.6 is 0 Å². The van der Waals surface area contributed by atoms with Gasteiger partial charge in [0, 0.05) is 24.8 Å². The van der Waals surface area contributed by atoms with Crippen LogP contribution in [-0.2, 0) is 20.7 Å². The predicted molar refractivity (Wildman–Crippen MR) is 70.1 cm³/mol. The van der Waals surface area contributed by atoms with Gasteiger partial charge in [-0.2, -0.15) is 0 Å². The van der Waals surface area contributed by atoms with Crippen molar-refractivity contribution in [1.82, 2.24) is 9.97 Å². The third-order valence-corrected chi connectivity index (χ3v) is 2.83. The first-order chi connectivity index (χ1) is 9.19. The Morgan fingerprint density at radius 1 is 1.42 bits per heavy atom. The van der Waals surface area contributed by atoms with Crippen molar-refractivity contribution in [2.75, 3.05) is 37.8 Å². The van der Waals surface area contributed by atoms with Crippen molar-refractivity contribution in [3.8, 4) is 0 Å². The van der Waals surface area contributed by atoms with Crippen molar-refractivity contribution >= 4 is 11.8 Å². The van der Waals surface area contributed by atoms with Crippen LogP contribution in [0.15, 0.2) is 6.07 Å². The fourth-order valence-electron chi connectivity index (χ4n) is 1.99. The number of rotatable bonds is 4. The molecule has 0 saturated carbocycles. The standard InChI is InChI=1S/C13H19N3O3/c1-3-19-13(17)9-11-14-10(2)8-12(15-11)16-4-6-18-7-5-16/h8H,3-7,9H2,1-2H3. The van der Waals surface area contributed by atoms with E-state index in [4.69, 9.17) is 9.47 Å². The molecular formula is C13H19N3O3. The van der Waals surface area contributed by atoms with E-state index in [1.807, 2.05) is 13.0 Å². The SMILES string of the molecule is CCOC(=O)Cc1nc(C)cc(N2CCOCC2)n1. The van der Waals surface area contributed by atoms with Gasteiger partial charge in [-0.3, -0.25) is 4.79 Å². The fourth-order valence-corrected chi connectivity index (χ4v) is 1.99. The minimum atomic E-state index is -0.291. The largest absolute Gasteiger partial charge is 0.466 e. The third kappa shape index (κ3) is 3.89. The molecule has 2 heterocycles. The average molecular weight is 265 g/mol. The molecule has 0 aromatic carbocycles. The Morgan fingerprint density at radius 2 is 2.16 bits per heavy atom. The van der Waals surface area contributed by atoms with Crippen LogP contribution in [-0.4, -0.2) is 48.8 Å². The summed E-state index contributed by atoms with van der Waals surface area (Å²) in [4.78, 5) is 22.3. The Kier molecular flexibility index (Phi) is 4.68. The summed E-state index contributed by atoms with van der Waals surface area (Å²) in [6.45, 7) is 7.10. The minimum absolute atomic E-state index is 0.118. The van der Waals surface area contributed by atoms with Crippen LogP contribution in [0.3, 0.4) is 0 Å². The number of carbonyl (C=O) groups excluding carboxylic acids is 1. The summed E-state index contributed by atoms with van der Waals surface area (Å²) in [6.07, 6.45) is 0.118. The monoisotopic (exact) mass is 265 g/mol.